The fourth-order valence-electron chi connectivity index (χ4n) is 2.34. The first kappa shape index (κ1) is 20.7. The van der Waals surface area contributed by atoms with Crippen LogP contribution in [0, 0.1) is 0 Å². The van der Waals surface area contributed by atoms with Gasteiger partial charge >= 0.3 is 0 Å². The molecule has 0 fully saturated rings. The van der Waals surface area contributed by atoms with Gasteiger partial charge < -0.3 is 16.0 Å². The summed E-state index contributed by atoms with van der Waals surface area (Å²) in [7, 11) is 0. The van der Waals surface area contributed by atoms with Gasteiger partial charge in [0, 0.05) is 25.2 Å². The largest absolute Gasteiger partial charge is 0.343 e. The molecule has 0 atom stereocenters. The highest BCUT2D eigenvalue weighted by Crippen LogP contribution is 2.05. The zero-order valence-corrected chi connectivity index (χ0v) is 15.1. The van der Waals surface area contributed by atoms with E-state index in [1.54, 1.807) is 17.0 Å². The zero-order valence-electron chi connectivity index (χ0n) is 14.3. The van der Waals surface area contributed by atoms with Crippen molar-refractivity contribution in [2.75, 3.05) is 13.1 Å². The molecule has 6 heteroatoms. The number of hydrogen-bond donors (Lipinski definition) is 2. The molecule has 0 heterocycles. The van der Waals surface area contributed by atoms with Gasteiger partial charge in [-0.3, -0.25) is 9.59 Å². The minimum absolute atomic E-state index is 0. The third-order valence-corrected chi connectivity index (χ3v) is 3.80. The molecule has 0 aliphatic heterocycles. The Bertz CT molecular complexity index is 675. The summed E-state index contributed by atoms with van der Waals surface area (Å²) in [6.07, 6.45) is 0. The number of halogens is 1. The average Bonchev–Trinajstić information content (AvgIpc) is 2.64. The number of benzene rings is 2. The lowest BCUT2D eigenvalue weighted by Crippen LogP contribution is -2.39. The van der Waals surface area contributed by atoms with Crippen LogP contribution < -0.4 is 11.1 Å². The highest BCUT2D eigenvalue weighted by molar-refractivity contribution is 5.96. The average molecular weight is 362 g/mol. The zero-order chi connectivity index (χ0) is 17.4. The van der Waals surface area contributed by atoms with Crippen molar-refractivity contribution in [3.05, 3.63) is 71.3 Å². The maximum Gasteiger partial charge on any atom is 0.251 e. The molecule has 0 saturated heterocycles. The molecule has 2 amide bonds. The van der Waals surface area contributed by atoms with Crippen molar-refractivity contribution in [2.24, 2.45) is 5.73 Å². The number of hydrogen-bond acceptors (Lipinski definition) is 3. The van der Waals surface area contributed by atoms with E-state index in [9.17, 15) is 9.59 Å². The van der Waals surface area contributed by atoms with Crippen molar-refractivity contribution < 1.29 is 9.59 Å². The smallest absolute Gasteiger partial charge is 0.251 e. The Morgan fingerprint density at radius 1 is 1.00 bits per heavy atom. The van der Waals surface area contributed by atoms with Gasteiger partial charge in [0.1, 0.15) is 0 Å². The first-order valence-corrected chi connectivity index (χ1v) is 8.03. The summed E-state index contributed by atoms with van der Waals surface area (Å²) < 4.78 is 0. The van der Waals surface area contributed by atoms with E-state index < -0.39 is 0 Å². The van der Waals surface area contributed by atoms with Crippen molar-refractivity contribution >= 4 is 24.2 Å². The molecule has 3 N–H and O–H groups in total. The molecule has 0 aromatic heterocycles. The molecule has 2 rings (SSSR count). The number of nitrogens with two attached hydrogens (primary N) is 1. The van der Waals surface area contributed by atoms with Crippen LogP contribution in [0.15, 0.2) is 54.6 Å². The maximum absolute atomic E-state index is 12.3. The Hall–Kier alpha value is -2.37. The van der Waals surface area contributed by atoms with Crippen molar-refractivity contribution in [2.45, 2.75) is 20.0 Å². The quantitative estimate of drug-likeness (QED) is 0.794. The van der Waals surface area contributed by atoms with Gasteiger partial charge in [0.25, 0.3) is 5.91 Å². The van der Waals surface area contributed by atoms with Gasteiger partial charge in [-0.25, -0.2) is 0 Å². The van der Waals surface area contributed by atoms with Crippen LogP contribution in [0.25, 0.3) is 0 Å². The predicted molar refractivity (Wildman–Crippen MR) is 101 cm³/mol. The molecule has 2 aromatic rings. The molecule has 0 unspecified atom stereocenters. The molecule has 0 bridgehead atoms. The van der Waals surface area contributed by atoms with Crippen molar-refractivity contribution in [1.82, 2.24) is 10.2 Å². The molecule has 5 nitrogen and oxygen atoms in total. The summed E-state index contributed by atoms with van der Waals surface area (Å²) in [5, 5.41) is 2.68. The monoisotopic (exact) mass is 361 g/mol. The summed E-state index contributed by atoms with van der Waals surface area (Å²) in [6.45, 7) is 3.48. The van der Waals surface area contributed by atoms with E-state index in [0.717, 1.165) is 11.1 Å². The number of carbonyl (C=O) groups is 2. The Balaban J connectivity index is 0.00000312. The van der Waals surface area contributed by atoms with E-state index >= 15 is 0 Å². The second-order valence-corrected chi connectivity index (χ2v) is 5.48. The molecule has 2 aromatic carbocycles. The van der Waals surface area contributed by atoms with Crippen LogP contribution in [0.1, 0.15) is 28.4 Å². The van der Waals surface area contributed by atoms with Gasteiger partial charge in [0.05, 0.1) is 6.54 Å². The highest BCUT2D eigenvalue weighted by atomic mass is 35.5. The number of rotatable bonds is 7. The van der Waals surface area contributed by atoms with E-state index in [2.05, 4.69) is 5.32 Å². The normalized spacial score (nSPS) is 9.84. The lowest BCUT2D eigenvalue weighted by atomic mass is 10.1. The molecular weight excluding hydrogens is 338 g/mol. The van der Waals surface area contributed by atoms with Crippen LogP contribution in [0.3, 0.4) is 0 Å². The number of nitrogens with one attached hydrogen (secondary N) is 1. The third kappa shape index (κ3) is 6.21. The van der Waals surface area contributed by atoms with Crippen LogP contribution in [0.2, 0.25) is 0 Å². The first-order chi connectivity index (χ1) is 11.6. The predicted octanol–water partition coefficient (Wildman–Crippen LogP) is 2.35. The number of likely N-dealkylation sites (N-methyl/N-ethyl adjacent to an activating group) is 1. The van der Waals surface area contributed by atoms with Gasteiger partial charge in [-0.2, -0.15) is 0 Å². The lowest BCUT2D eigenvalue weighted by Gasteiger charge is -2.21. The van der Waals surface area contributed by atoms with Crippen molar-refractivity contribution in [1.29, 1.82) is 0 Å². The van der Waals surface area contributed by atoms with E-state index in [-0.39, 0.29) is 30.8 Å². The van der Waals surface area contributed by atoms with E-state index in [1.807, 2.05) is 49.4 Å². The van der Waals surface area contributed by atoms with Crippen molar-refractivity contribution in [3.63, 3.8) is 0 Å². The van der Waals surface area contributed by atoms with Gasteiger partial charge in [-0.1, -0.05) is 42.5 Å². The Labute approximate surface area is 154 Å². The number of carbonyl (C=O) groups excluding carboxylic acids is 2. The van der Waals surface area contributed by atoms with E-state index in [1.165, 1.54) is 0 Å². The van der Waals surface area contributed by atoms with Gasteiger partial charge in [0.2, 0.25) is 5.91 Å². The van der Waals surface area contributed by atoms with Crippen LogP contribution in [-0.4, -0.2) is 29.8 Å². The molecule has 0 aliphatic rings. The van der Waals surface area contributed by atoms with Gasteiger partial charge in [0.15, 0.2) is 0 Å². The summed E-state index contributed by atoms with van der Waals surface area (Å²) in [6, 6.07) is 16.8. The van der Waals surface area contributed by atoms with Crippen LogP contribution >= 0.6 is 12.4 Å². The highest BCUT2D eigenvalue weighted by Gasteiger charge is 2.14. The summed E-state index contributed by atoms with van der Waals surface area (Å²) >= 11 is 0. The molecule has 25 heavy (non-hydrogen) atoms. The summed E-state index contributed by atoms with van der Waals surface area (Å²) in [4.78, 5) is 26.1. The molecule has 0 saturated carbocycles. The lowest BCUT2D eigenvalue weighted by molar-refractivity contribution is -0.130. The van der Waals surface area contributed by atoms with Crippen molar-refractivity contribution in [3.8, 4) is 0 Å². The van der Waals surface area contributed by atoms with Crippen LogP contribution in [0.4, 0.5) is 0 Å². The second kappa shape index (κ2) is 10.5. The fourth-order valence-corrected chi connectivity index (χ4v) is 2.34. The number of amides is 2. The Morgan fingerprint density at radius 3 is 2.20 bits per heavy atom. The molecule has 0 spiro atoms. The minimum Gasteiger partial charge on any atom is -0.343 e. The fraction of sp³-hybridized carbons (Fsp3) is 0.263. The topological polar surface area (TPSA) is 75.4 Å². The molecule has 134 valence electrons. The summed E-state index contributed by atoms with van der Waals surface area (Å²) in [5.74, 6) is -0.365. The Kier molecular flexibility index (Phi) is 8.67. The van der Waals surface area contributed by atoms with E-state index in [4.69, 9.17) is 5.73 Å². The third-order valence-electron chi connectivity index (χ3n) is 3.80. The van der Waals surface area contributed by atoms with Crippen LogP contribution in [0.5, 0.6) is 0 Å². The van der Waals surface area contributed by atoms with Gasteiger partial charge in [-0.15, -0.1) is 12.4 Å². The molecule has 0 radical (unpaired) electrons. The van der Waals surface area contributed by atoms with E-state index in [0.29, 0.717) is 25.2 Å². The van der Waals surface area contributed by atoms with Crippen LogP contribution in [-0.2, 0) is 17.9 Å². The maximum atomic E-state index is 12.3. The van der Waals surface area contributed by atoms with Gasteiger partial charge in [-0.05, 0) is 30.2 Å². The second-order valence-electron chi connectivity index (χ2n) is 5.48. The first-order valence-electron chi connectivity index (χ1n) is 8.03. The summed E-state index contributed by atoms with van der Waals surface area (Å²) in [5.41, 5.74) is 8.08. The molecule has 0 aliphatic carbocycles. The minimum atomic E-state index is -0.261. The molecular formula is C19H24ClN3O2. The Morgan fingerprint density at radius 2 is 1.64 bits per heavy atom. The standard InChI is InChI=1S/C19H23N3O2.ClH/c1-2-22(14-16-6-4-3-5-7-16)18(23)13-21-19(24)17-10-8-15(12-20)9-11-17;/h3-11H,2,12-14,20H2,1H3,(H,21,24);1H. The SMILES string of the molecule is CCN(Cc1ccccc1)C(=O)CNC(=O)c1ccc(CN)cc1.Cl. The number of nitrogens with zero attached hydrogens (tertiary/aromatic N) is 1.